The van der Waals surface area contributed by atoms with Gasteiger partial charge in [0.15, 0.2) is 6.10 Å². The van der Waals surface area contributed by atoms with E-state index in [1.165, 1.54) is 6.07 Å². The van der Waals surface area contributed by atoms with Crippen molar-refractivity contribution in [2.24, 2.45) is 0 Å². The molecule has 0 aliphatic heterocycles. The van der Waals surface area contributed by atoms with Gasteiger partial charge in [0.1, 0.15) is 17.1 Å². The molecule has 2 aromatic carbocycles. The Morgan fingerprint density at radius 2 is 1.93 bits per heavy atom. The predicted molar refractivity (Wildman–Crippen MR) is 114 cm³/mol. The van der Waals surface area contributed by atoms with Crippen LogP contribution in [0.4, 0.5) is 0 Å². The molecule has 0 aliphatic carbocycles. The first kappa shape index (κ1) is 21.4. The molecule has 30 heavy (non-hydrogen) atoms. The Morgan fingerprint density at radius 1 is 1.20 bits per heavy atom. The highest BCUT2D eigenvalue weighted by Gasteiger charge is 2.18. The lowest BCUT2D eigenvalue weighted by molar-refractivity contribution is -0.127. The highest BCUT2D eigenvalue weighted by atomic mass is 16.5. The molecule has 158 valence electrons. The highest BCUT2D eigenvalue weighted by molar-refractivity contribution is 5.95. The van der Waals surface area contributed by atoms with Crippen LogP contribution in [0.5, 0.6) is 11.5 Å². The van der Waals surface area contributed by atoms with Crippen LogP contribution < -0.4 is 20.4 Å². The Bertz CT molecular complexity index is 1090. The predicted octanol–water partition coefficient (Wildman–Crippen LogP) is 3.04. The van der Waals surface area contributed by atoms with Crippen molar-refractivity contribution in [3.8, 4) is 22.6 Å². The van der Waals surface area contributed by atoms with Crippen molar-refractivity contribution in [2.75, 3.05) is 20.3 Å². The number of aliphatic hydroxyl groups is 1. The van der Waals surface area contributed by atoms with Crippen LogP contribution in [-0.2, 0) is 4.79 Å². The quantitative estimate of drug-likeness (QED) is 0.437. The highest BCUT2D eigenvalue weighted by Crippen LogP contribution is 2.34. The van der Waals surface area contributed by atoms with Gasteiger partial charge in [-0.05, 0) is 55.7 Å². The summed E-state index contributed by atoms with van der Waals surface area (Å²) < 4.78 is 16.5. The molecule has 3 aromatic rings. The SMILES string of the molecule is COc1ccc(-c2cc(=O)oc3c(C)c(OC(C)C(=O)NCCCO)ccc23)cc1. The molecule has 1 atom stereocenters. The Balaban J connectivity index is 1.94. The summed E-state index contributed by atoms with van der Waals surface area (Å²) in [5.74, 6) is 0.905. The number of aliphatic hydroxyl groups excluding tert-OH is 1. The maximum absolute atomic E-state index is 12.2. The molecule has 1 heterocycles. The molecular formula is C23H25NO6. The van der Waals surface area contributed by atoms with Crippen LogP contribution in [-0.4, -0.2) is 37.4 Å². The van der Waals surface area contributed by atoms with E-state index in [4.69, 9.17) is 19.0 Å². The third kappa shape index (κ3) is 4.63. The van der Waals surface area contributed by atoms with Crippen LogP contribution in [0.1, 0.15) is 18.9 Å². The third-order valence-corrected chi connectivity index (χ3v) is 4.82. The molecule has 3 rings (SSSR count). The number of rotatable bonds is 8. The summed E-state index contributed by atoms with van der Waals surface area (Å²) in [5, 5.41) is 12.3. The van der Waals surface area contributed by atoms with Crippen molar-refractivity contribution in [3.63, 3.8) is 0 Å². The topological polar surface area (TPSA) is 98.0 Å². The molecule has 0 saturated heterocycles. The van der Waals surface area contributed by atoms with Gasteiger partial charge in [0, 0.05) is 30.2 Å². The molecular weight excluding hydrogens is 386 g/mol. The maximum atomic E-state index is 12.2. The number of fused-ring (bicyclic) bond motifs is 1. The number of ether oxygens (including phenoxy) is 2. The summed E-state index contributed by atoms with van der Waals surface area (Å²) in [6, 6.07) is 12.5. The lowest BCUT2D eigenvalue weighted by Gasteiger charge is -2.17. The van der Waals surface area contributed by atoms with E-state index < -0.39 is 11.7 Å². The number of hydrogen-bond donors (Lipinski definition) is 2. The fourth-order valence-corrected chi connectivity index (χ4v) is 3.16. The van der Waals surface area contributed by atoms with Crippen molar-refractivity contribution in [2.45, 2.75) is 26.4 Å². The van der Waals surface area contributed by atoms with Gasteiger partial charge in [-0.3, -0.25) is 4.79 Å². The zero-order valence-electron chi connectivity index (χ0n) is 17.2. The lowest BCUT2D eigenvalue weighted by Crippen LogP contribution is -2.37. The maximum Gasteiger partial charge on any atom is 0.336 e. The first-order chi connectivity index (χ1) is 14.4. The van der Waals surface area contributed by atoms with E-state index in [1.54, 1.807) is 27.0 Å². The van der Waals surface area contributed by atoms with Crippen LogP contribution in [0.15, 0.2) is 51.7 Å². The smallest absolute Gasteiger partial charge is 0.336 e. The van der Waals surface area contributed by atoms with Crippen molar-refractivity contribution >= 4 is 16.9 Å². The summed E-state index contributed by atoms with van der Waals surface area (Å²) in [5.41, 5.74) is 2.18. The van der Waals surface area contributed by atoms with Crippen molar-refractivity contribution in [1.82, 2.24) is 5.32 Å². The van der Waals surface area contributed by atoms with Gasteiger partial charge < -0.3 is 24.3 Å². The van der Waals surface area contributed by atoms with E-state index in [9.17, 15) is 9.59 Å². The number of carbonyl (C=O) groups excluding carboxylic acids is 1. The summed E-state index contributed by atoms with van der Waals surface area (Å²) in [6.07, 6.45) is -0.261. The Kier molecular flexibility index (Phi) is 6.74. The summed E-state index contributed by atoms with van der Waals surface area (Å²) >= 11 is 0. The standard InChI is InChI=1S/C23H25NO6/c1-14-20(29-15(2)23(27)24-11-4-12-25)10-9-18-19(13-21(26)30-22(14)18)16-5-7-17(28-3)8-6-16/h5-10,13,15,25H,4,11-12H2,1-3H3,(H,24,27). The molecule has 0 spiro atoms. The zero-order valence-corrected chi connectivity index (χ0v) is 17.2. The number of nitrogens with one attached hydrogen (secondary N) is 1. The average Bonchev–Trinajstić information content (AvgIpc) is 2.75. The van der Waals surface area contributed by atoms with Gasteiger partial charge in [0.25, 0.3) is 5.91 Å². The second-order valence-corrected chi connectivity index (χ2v) is 6.90. The zero-order chi connectivity index (χ0) is 21.7. The fourth-order valence-electron chi connectivity index (χ4n) is 3.16. The van der Waals surface area contributed by atoms with Gasteiger partial charge in [-0.1, -0.05) is 12.1 Å². The number of methoxy groups -OCH3 is 1. The van der Waals surface area contributed by atoms with Crippen molar-refractivity contribution < 1.29 is 23.8 Å². The minimum Gasteiger partial charge on any atom is -0.497 e. The van der Waals surface area contributed by atoms with Gasteiger partial charge in [0.05, 0.1) is 7.11 Å². The molecule has 0 fully saturated rings. The van der Waals surface area contributed by atoms with E-state index >= 15 is 0 Å². The fraction of sp³-hybridized carbons (Fsp3) is 0.304. The third-order valence-electron chi connectivity index (χ3n) is 4.82. The average molecular weight is 411 g/mol. The van der Waals surface area contributed by atoms with Crippen molar-refractivity contribution in [1.29, 1.82) is 0 Å². The van der Waals surface area contributed by atoms with Crippen LogP contribution in [0.3, 0.4) is 0 Å². The van der Waals surface area contributed by atoms with Crippen molar-refractivity contribution in [3.05, 3.63) is 58.4 Å². The molecule has 2 N–H and O–H groups in total. The normalized spacial score (nSPS) is 11.9. The largest absolute Gasteiger partial charge is 0.497 e. The Labute approximate surface area is 174 Å². The van der Waals surface area contributed by atoms with E-state index in [0.717, 1.165) is 22.3 Å². The Morgan fingerprint density at radius 3 is 2.60 bits per heavy atom. The molecule has 7 heteroatoms. The second-order valence-electron chi connectivity index (χ2n) is 6.90. The van der Waals surface area contributed by atoms with E-state index in [1.807, 2.05) is 30.3 Å². The number of aryl methyl sites for hydroxylation is 1. The van der Waals surface area contributed by atoms with Crippen LogP contribution in [0, 0.1) is 6.92 Å². The molecule has 0 saturated carbocycles. The molecule has 1 aromatic heterocycles. The molecule has 7 nitrogen and oxygen atoms in total. The molecule has 0 radical (unpaired) electrons. The molecule has 0 aliphatic rings. The van der Waals surface area contributed by atoms with Crippen LogP contribution >= 0.6 is 0 Å². The van der Waals surface area contributed by atoms with Gasteiger partial charge >= 0.3 is 5.63 Å². The Hall–Kier alpha value is -3.32. The number of amides is 1. The van der Waals surface area contributed by atoms with Gasteiger partial charge in [0.2, 0.25) is 0 Å². The number of hydrogen-bond acceptors (Lipinski definition) is 6. The summed E-state index contributed by atoms with van der Waals surface area (Å²) in [7, 11) is 1.60. The monoisotopic (exact) mass is 411 g/mol. The van der Waals surface area contributed by atoms with Crippen LogP contribution in [0.2, 0.25) is 0 Å². The van der Waals surface area contributed by atoms with Gasteiger partial charge in [-0.2, -0.15) is 0 Å². The van der Waals surface area contributed by atoms with E-state index in [0.29, 0.717) is 29.9 Å². The van der Waals surface area contributed by atoms with Gasteiger partial charge in [-0.15, -0.1) is 0 Å². The van der Waals surface area contributed by atoms with E-state index in [2.05, 4.69) is 5.32 Å². The molecule has 1 amide bonds. The van der Waals surface area contributed by atoms with Crippen LogP contribution in [0.25, 0.3) is 22.1 Å². The van der Waals surface area contributed by atoms with E-state index in [-0.39, 0.29) is 12.5 Å². The molecule has 1 unspecified atom stereocenters. The van der Waals surface area contributed by atoms with Gasteiger partial charge in [-0.25, -0.2) is 4.79 Å². The summed E-state index contributed by atoms with van der Waals surface area (Å²) in [6.45, 7) is 3.81. The first-order valence-electron chi connectivity index (χ1n) is 9.71. The second kappa shape index (κ2) is 9.45. The lowest BCUT2D eigenvalue weighted by atomic mass is 10.00. The minimum absolute atomic E-state index is 0.00879. The summed E-state index contributed by atoms with van der Waals surface area (Å²) in [4.78, 5) is 24.4. The molecule has 0 bridgehead atoms. The first-order valence-corrected chi connectivity index (χ1v) is 9.71. The number of benzene rings is 2. The number of carbonyl (C=O) groups is 1. The minimum atomic E-state index is -0.740.